The Kier molecular flexibility index (Phi) is 4.61. The van der Waals surface area contributed by atoms with Crippen LogP contribution in [0, 0.1) is 6.92 Å². The first-order valence-electron chi connectivity index (χ1n) is 6.68. The highest BCUT2D eigenvalue weighted by Crippen LogP contribution is 2.29. The van der Waals surface area contributed by atoms with Gasteiger partial charge in [-0.25, -0.2) is 0 Å². The summed E-state index contributed by atoms with van der Waals surface area (Å²) in [5.74, 6) is 0. The fourth-order valence-corrected chi connectivity index (χ4v) is 3.03. The van der Waals surface area contributed by atoms with Crippen molar-refractivity contribution < 1.29 is 0 Å². The average molecular weight is 274 g/mol. The molecule has 1 aromatic carbocycles. The van der Waals surface area contributed by atoms with Crippen LogP contribution in [-0.2, 0) is 0 Å². The number of hydrogen-bond acceptors (Lipinski definition) is 3. The fourth-order valence-electron chi connectivity index (χ4n) is 2.29. The van der Waals surface area contributed by atoms with Crippen molar-refractivity contribution in [3.8, 4) is 0 Å². The molecule has 2 rings (SSSR count). The van der Waals surface area contributed by atoms with Crippen LogP contribution in [0.15, 0.2) is 35.7 Å². The zero-order valence-corrected chi connectivity index (χ0v) is 12.9. The molecular formula is C16H22N2S. The Hall–Kier alpha value is -1.32. The van der Waals surface area contributed by atoms with Gasteiger partial charge in [0, 0.05) is 24.7 Å². The van der Waals surface area contributed by atoms with Gasteiger partial charge in [0.25, 0.3) is 0 Å². The lowest BCUT2D eigenvalue weighted by atomic mass is 9.99. The minimum Gasteiger partial charge on any atom is -0.378 e. The minimum absolute atomic E-state index is 0.288. The van der Waals surface area contributed by atoms with Gasteiger partial charge in [-0.05, 0) is 48.2 Å². The Labute approximate surface area is 120 Å². The number of thiophene rings is 1. The summed E-state index contributed by atoms with van der Waals surface area (Å²) in [6.45, 7) is 5.32. The summed E-state index contributed by atoms with van der Waals surface area (Å²) < 4.78 is 0. The molecule has 0 bridgehead atoms. The van der Waals surface area contributed by atoms with E-state index in [9.17, 15) is 0 Å². The monoisotopic (exact) mass is 274 g/mol. The van der Waals surface area contributed by atoms with Crippen molar-refractivity contribution in [2.45, 2.75) is 19.9 Å². The molecule has 1 atom stereocenters. The summed E-state index contributed by atoms with van der Waals surface area (Å²) in [7, 11) is 4.16. The van der Waals surface area contributed by atoms with Gasteiger partial charge in [0.1, 0.15) is 0 Å². The smallest absolute Gasteiger partial charge is 0.0588 e. The van der Waals surface area contributed by atoms with Gasteiger partial charge < -0.3 is 10.2 Å². The molecule has 0 saturated carbocycles. The van der Waals surface area contributed by atoms with Crippen molar-refractivity contribution in [2.75, 3.05) is 25.5 Å². The van der Waals surface area contributed by atoms with E-state index in [-0.39, 0.29) is 6.04 Å². The van der Waals surface area contributed by atoms with Crippen LogP contribution in [0.1, 0.15) is 29.0 Å². The second-order valence-electron chi connectivity index (χ2n) is 4.91. The molecule has 0 amide bonds. The van der Waals surface area contributed by atoms with E-state index in [4.69, 9.17) is 0 Å². The minimum atomic E-state index is 0.288. The largest absolute Gasteiger partial charge is 0.378 e. The topological polar surface area (TPSA) is 15.3 Å². The highest BCUT2D eigenvalue weighted by molar-refractivity contribution is 7.10. The van der Waals surface area contributed by atoms with Gasteiger partial charge in [0.2, 0.25) is 0 Å². The Morgan fingerprint density at radius 2 is 2.05 bits per heavy atom. The van der Waals surface area contributed by atoms with Gasteiger partial charge in [0.15, 0.2) is 0 Å². The van der Waals surface area contributed by atoms with Crippen LogP contribution >= 0.6 is 11.3 Å². The molecule has 1 N–H and O–H groups in total. The molecular weight excluding hydrogens is 252 g/mol. The summed E-state index contributed by atoms with van der Waals surface area (Å²) >= 11 is 1.81. The molecule has 0 aliphatic heterocycles. The van der Waals surface area contributed by atoms with E-state index in [1.54, 1.807) is 0 Å². The third-order valence-corrected chi connectivity index (χ3v) is 4.20. The lowest BCUT2D eigenvalue weighted by Crippen LogP contribution is -2.22. The van der Waals surface area contributed by atoms with E-state index >= 15 is 0 Å². The zero-order valence-electron chi connectivity index (χ0n) is 12.1. The lowest BCUT2D eigenvalue weighted by Gasteiger charge is -2.21. The molecule has 1 heterocycles. The lowest BCUT2D eigenvalue weighted by molar-refractivity contribution is 0.630. The Morgan fingerprint density at radius 3 is 2.63 bits per heavy atom. The number of nitrogens with one attached hydrogen (secondary N) is 1. The van der Waals surface area contributed by atoms with Crippen molar-refractivity contribution in [2.24, 2.45) is 0 Å². The average Bonchev–Trinajstić information content (AvgIpc) is 2.82. The van der Waals surface area contributed by atoms with Crippen LogP contribution in [0.5, 0.6) is 0 Å². The van der Waals surface area contributed by atoms with E-state index < -0.39 is 0 Å². The molecule has 1 aromatic heterocycles. The molecule has 0 aliphatic carbocycles. The third-order valence-electron chi connectivity index (χ3n) is 3.34. The van der Waals surface area contributed by atoms with Gasteiger partial charge in [-0.1, -0.05) is 19.1 Å². The molecule has 0 spiro atoms. The van der Waals surface area contributed by atoms with E-state index in [1.165, 1.54) is 21.7 Å². The van der Waals surface area contributed by atoms with Crippen LogP contribution in [0.4, 0.5) is 5.69 Å². The van der Waals surface area contributed by atoms with E-state index in [2.05, 4.69) is 73.9 Å². The molecule has 1 unspecified atom stereocenters. The molecule has 0 radical (unpaired) electrons. The molecule has 0 aliphatic rings. The quantitative estimate of drug-likeness (QED) is 0.891. The second-order valence-corrected chi connectivity index (χ2v) is 6.03. The fraction of sp³-hybridized carbons (Fsp3) is 0.375. The van der Waals surface area contributed by atoms with Crippen LogP contribution in [-0.4, -0.2) is 20.6 Å². The van der Waals surface area contributed by atoms with Gasteiger partial charge in [-0.15, -0.1) is 11.3 Å². The number of benzene rings is 1. The van der Waals surface area contributed by atoms with E-state index in [0.717, 1.165) is 6.54 Å². The van der Waals surface area contributed by atoms with Gasteiger partial charge >= 0.3 is 0 Å². The first-order chi connectivity index (χ1) is 9.13. The number of anilines is 1. The predicted octanol–water partition coefficient (Wildman–Crippen LogP) is 3.82. The second kappa shape index (κ2) is 6.22. The van der Waals surface area contributed by atoms with Gasteiger partial charge in [-0.3, -0.25) is 0 Å². The van der Waals surface area contributed by atoms with Crippen molar-refractivity contribution in [1.29, 1.82) is 0 Å². The molecule has 0 fully saturated rings. The van der Waals surface area contributed by atoms with Gasteiger partial charge in [0.05, 0.1) is 6.04 Å². The number of nitrogens with zero attached hydrogens (tertiary/aromatic N) is 1. The van der Waals surface area contributed by atoms with Crippen LogP contribution in [0.25, 0.3) is 0 Å². The van der Waals surface area contributed by atoms with Crippen molar-refractivity contribution >= 4 is 17.0 Å². The summed E-state index contributed by atoms with van der Waals surface area (Å²) in [6.07, 6.45) is 0. The predicted molar refractivity (Wildman–Crippen MR) is 85.3 cm³/mol. The van der Waals surface area contributed by atoms with Crippen molar-refractivity contribution in [3.63, 3.8) is 0 Å². The summed E-state index contributed by atoms with van der Waals surface area (Å²) in [5.41, 5.74) is 3.96. The van der Waals surface area contributed by atoms with Gasteiger partial charge in [-0.2, -0.15) is 0 Å². The number of aryl methyl sites for hydroxylation is 1. The van der Waals surface area contributed by atoms with Crippen LogP contribution < -0.4 is 10.2 Å². The molecule has 0 saturated heterocycles. The highest BCUT2D eigenvalue weighted by Gasteiger charge is 2.16. The van der Waals surface area contributed by atoms with E-state index in [1.807, 2.05) is 11.3 Å². The molecule has 3 heteroatoms. The number of hydrogen-bond donors (Lipinski definition) is 1. The standard InChI is InChI=1S/C16H22N2S/c1-5-17-16(15-9-10-19-12(15)2)13-7-6-8-14(11-13)18(3)4/h6-11,16-17H,5H2,1-4H3. The maximum absolute atomic E-state index is 3.60. The first-order valence-corrected chi connectivity index (χ1v) is 7.56. The maximum Gasteiger partial charge on any atom is 0.0588 e. The normalized spacial score (nSPS) is 12.4. The van der Waals surface area contributed by atoms with E-state index in [0.29, 0.717) is 0 Å². The summed E-state index contributed by atoms with van der Waals surface area (Å²) in [5, 5.41) is 5.77. The van der Waals surface area contributed by atoms with Crippen LogP contribution in [0.2, 0.25) is 0 Å². The molecule has 2 nitrogen and oxygen atoms in total. The summed E-state index contributed by atoms with van der Waals surface area (Å²) in [6, 6.07) is 11.3. The van der Waals surface area contributed by atoms with Crippen molar-refractivity contribution in [1.82, 2.24) is 5.32 Å². The molecule has 2 aromatic rings. The summed E-state index contributed by atoms with van der Waals surface area (Å²) in [4.78, 5) is 3.54. The zero-order chi connectivity index (χ0) is 13.8. The SMILES string of the molecule is CCNC(c1cccc(N(C)C)c1)c1ccsc1C. The Morgan fingerprint density at radius 1 is 1.26 bits per heavy atom. The molecule has 102 valence electrons. The Bertz CT molecular complexity index is 531. The van der Waals surface area contributed by atoms with Crippen molar-refractivity contribution in [3.05, 3.63) is 51.7 Å². The maximum atomic E-state index is 3.60. The molecule has 19 heavy (non-hydrogen) atoms. The van der Waals surface area contributed by atoms with Crippen LogP contribution in [0.3, 0.4) is 0 Å². The first kappa shape index (κ1) is 14.1. The Balaban J connectivity index is 2.39. The highest BCUT2D eigenvalue weighted by atomic mass is 32.1. The third kappa shape index (κ3) is 3.17. The number of rotatable bonds is 5.